The van der Waals surface area contributed by atoms with E-state index in [-0.39, 0.29) is 17.7 Å². The zero-order chi connectivity index (χ0) is 20.9. The Balaban J connectivity index is 1.50. The summed E-state index contributed by atoms with van der Waals surface area (Å²) in [6.07, 6.45) is 1.87. The third-order valence-electron chi connectivity index (χ3n) is 5.64. The lowest BCUT2D eigenvalue weighted by molar-refractivity contribution is -0.117. The largest absolute Gasteiger partial charge is 0.326 e. The number of hydrogen-bond acceptors (Lipinski definition) is 2. The molecule has 1 aliphatic heterocycles. The van der Waals surface area contributed by atoms with Crippen LogP contribution in [-0.2, 0) is 9.59 Å². The van der Waals surface area contributed by atoms with Gasteiger partial charge in [0.1, 0.15) is 0 Å². The van der Waals surface area contributed by atoms with Crippen molar-refractivity contribution in [3.05, 3.63) is 95.6 Å². The van der Waals surface area contributed by atoms with Crippen LogP contribution >= 0.6 is 0 Å². The molecule has 3 aromatic carbocycles. The molecule has 1 heterocycles. The summed E-state index contributed by atoms with van der Waals surface area (Å²) in [6.45, 7) is 2.74. The van der Waals surface area contributed by atoms with Gasteiger partial charge in [-0.25, -0.2) is 0 Å². The summed E-state index contributed by atoms with van der Waals surface area (Å²) in [4.78, 5) is 26.8. The van der Waals surface area contributed by atoms with Crippen LogP contribution < -0.4 is 10.2 Å². The number of anilines is 2. The van der Waals surface area contributed by atoms with Crippen molar-refractivity contribution < 1.29 is 9.59 Å². The normalized spacial score (nSPS) is 13.7. The number of benzene rings is 3. The number of hydrogen-bond donors (Lipinski definition) is 1. The number of rotatable bonds is 6. The van der Waals surface area contributed by atoms with Gasteiger partial charge in [-0.2, -0.15) is 0 Å². The first-order valence-electron chi connectivity index (χ1n) is 10.4. The summed E-state index contributed by atoms with van der Waals surface area (Å²) >= 11 is 0. The Hall–Kier alpha value is -3.40. The minimum absolute atomic E-state index is 0.00464. The standard InChI is InChI=1S/C26H26N2O2/c1-19-17-22(14-15-24(19)28-16-8-13-26(28)30)27-25(29)18-23(20-9-4-2-5-10-20)21-11-6-3-7-12-21/h2-7,9-12,14-15,17,23H,8,13,16,18H2,1H3,(H,27,29). The highest BCUT2D eigenvalue weighted by atomic mass is 16.2. The molecule has 3 aromatic rings. The highest BCUT2D eigenvalue weighted by Crippen LogP contribution is 2.30. The summed E-state index contributed by atoms with van der Waals surface area (Å²) in [5, 5.41) is 3.04. The molecule has 4 nitrogen and oxygen atoms in total. The van der Waals surface area contributed by atoms with Crippen molar-refractivity contribution in [2.75, 3.05) is 16.8 Å². The molecule has 0 radical (unpaired) electrons. The molecule has 4 rings (SSSR count). The lowest BCUT2D eigenvalue weighted by Crippen LogP contribution is -2.24. The third-order valence-corrected chi connectivity index (χ3v) is 5.64. The van der Waals surface area contributed by atoms with E-state index in [9.17, 15) is 9.59 Å². The zero-order valence-electron chi connectivity index (χ0n) is 17.2. The summed E-state index contributed by atoms with van der Waals surface area (Å²) in [6, 6.07) is 26.0. The van der Waals surface area contributed by atoms with E-state index in [0.717, 1.165) is 41.0 Å². The summed E-state index contributed by atoms with van der Waals surface area (Å²) in [5.41, 5.74) is 4.93. The molecule has 0 saturated carbocycles. The van der Waals surface area contributed by atoms with E-state index in [1.54, 1.807) is 0 Å². The average Bonchev–Trinajstić information content (AvgIpc) is 3.19. The summed E-state index contributed by atoms with van der Waals surface area (Å²) in [5.74, 6) is 0.135. The van der Waals surface area contributed by atoms with E-state index in [1.807, 2.05) is 66.4 Å². The van der Waals surface area contributed by atoms with E-state index in [4.69, 9.17) is 0 Å². The van der Waals surface area contributed by atoms with E-state index >= 15 is 0 Å². The molecule has 1 fully saturated rings. The zero-order valence-corrected chi connectivity index (χ0v) is 17.2. The van der Waals surface area contributed by atoms with Gasteiger partial charge in [0.25, 0.3) is 0 Å². The molecule has 30 heavy (non-hydrogen) atoms. The van der Waals surface area contributed by atoms with Crippen molar-refractivity contribution in [2.24, 2.45) is 0 Å². The topological polar surface area (TPSA) is 49.4 Å². The van der Waals surface area contributed by atoms with Gasteiger partial charge in [-0.3, -0.25) is 9.59 Å². The Morgan fingerprint density at radius 3 is 2.13 bits per heavy atom. The predicted molar refractivity (Wildman–Crippen MR) is 121 cm³/mol. The number of amides is 2. The highest BCUT2D eigenvalue weighted by molar-refractivity contribution is 5.97. The van der Waals surface area contributed by atoms with Crippen molar-refractivity contribution >= 4 is 23.2 Å². The van der Waals surface area contributed by atoms with Gasteiger partial charge in [0.2, 0.25) is 11.8 Å². The van der Waals surface area contributed by atoms with Crippen LogP contribution in [0.25, 0.3) is 0 Å². The maximum atomic E-state index is 12.9. The Kier molecular flexibility index (Phi) is 5.94. The highest BCUT2D eigenvalue weighted by Gasteiger charge is 2.23. The third kappa shape index (κ3) is 4.43. The molecule has 1 saturated heterocycles. The molecule has 0 atom stereocenters. The summed E-state index contributed by atoms with van der Waals surface area (Å²) < 4.78 is 0. The molecule has 152 valence electrons. The van der Waals surface area contributed by atoms with Crippen LogP contribution in [0.1, 0.15) is 41.9 Å². The molecule has 0 unspecified atom stereocenters. The Bertz CT molecular complexity index is 992. The average molecular weight is 399 g/mol. The Morgan fingerprint density at radius 1 is 0.967 bits per heavy atom. The second-order valence-electron chi connectivity index (χ2n) is 7.78. The molecular formula is C26H26N2O2. The quantitative estimate of drug-likeness (QED) is 0.614. The molecule has 0 bridgehead atoms. The molecule has 0 aliphatic carbocycles. The lowest BCUT2D eigenvalue weighted by Gasteiger charge is -2.20. The minimum Gasteiger partial charge on any atom is -0.326 e. The molecule has 1 N–H and O–H groups in total. The van der Waals surface area contributed by atoms with Gasteiger partial charge in [-0.05, 0) is 48.2 Å². The molecule has 4 heteroatoms. The van der Waals surface area contributed by atoms with E-state index in [1.165, 1.54) is 0 Å². The summed E-state index contributed by atoms with van der Waals surface area (Å²) in [7, 11) is 0. The van der Waals surface area contributed by atoms with Crippen LogP contribution in [0.15, 0.2) is 78.9 Å². The lowest BCUT2D eigenvalue weighted by atomic mass is 9.88. The fourth-order valence-electron chi connectivity index (χ4n) is 4.14. The van der Waals surface area contributed by atoms with Crippen LogP contribution in [-0.4, -0.2) is 18.4 Å². The van der Waals surface area contributed by atoms with Crippen LogP contribution in [0, 0.1) is 6.92 Å². The maximum absolute atomic E-state index is 12.9. The smallest absolute Gasteiger partial charge is 0.227 e. The van der Waals surface area contributed by atoms with Crippen LogP contribution in [0.3, 0.4) is 0 Å². The van der Waals surface area contributed by atoms with Crippen molar-refractivity contribution in [1.82, 2.24) is 0 Å². The fourth-order valence-corrected chi connectivity index (χ4v) is 4.14. The van der Waals surface area contributed by atoms with Crippen LogP contribution in [0.4, 0.5) is 11.4 Å². The molecule has 0 spiro atoms. The first-order chi connectivity index (χ1) is 14.6. The van der Waals surface area contributed by atoms with E-state index in [0.29, 0.717) is 12.8 Å². The van der Waals surface area contributed by atoms with Crippen LogP contribution in [0.5, 0.6) is 0 Å². The van der Waals surface area contributed by atoms with Gasteiger partial charge in [-0.15, -0.1) is 0 Å². The minimum atomic E-state index is -0.0305. The Labute approximate surface area is 177 Å². The van der Waals surface area contributed by atoms with Gasteiger partial charge in [-0.1, -0.05) is 60.7 Å². The van der Waals surface area contributed by atoms with Crippen molar-refractivity contribution in [3.8, 4) is 0 Å². The van der Waals surface area contributed by atoms with Crippen molar-refractivity contribution in [1.29, 1.82) is 0 Å². The van der Waals surface area contributed by atoms with Gasteiger partial charge >= 0.3 is 0 Å². The Morgan fingerprint density at radius 2 is 1.60 bits per heavy atom. The molecule has 0 aromatic heterocycles. The van der Waals surface area contributed by atoms with Crippen molar-refractivity contribution in [2.45, 2.75) is 32.1 Å². The van der Waals surface area contributed by atoms with E-state index in [2.05, 4.69) is 29.6 Å². The number of carbonyl (C=O) groups is 2. The van der Waals surface area contributed by atoms with Gasteiger partial charge in [0.05, 0.1) is 0 Å². The second kappa shape index (κ2) is 8.95. The van der Waals surface area contributed by atoms with Crippen molar-refractivity contribution in [3.63, 3.8) is 0 Å². The molecular weight excluding hydrogens is 372 g/mol. The number of nitrogens with zero attached hydrogens (tertiary/aromatic N) is 1. The van der Waals surface area contributed by atoms with Gasteiger partial charge < -0.3 is 10.2 Å². The monoisotopic (exact) mass is 398 g/mol. The maximum Gasteiger partial charge on any atom is 0.227 e. The molecule has 1 aliphatic rings. The number of aryl methyl sites for hydroxylation is 1. The fraction of sp³-hybridized carbons (Fsp3) is 0.231. The SMILES string of the molecule is Cc1cc(NC(=O)CC(c2ccccc2)c2ccccc2)ccc1N1CCCC1=O. The molecule has 2 amide bonds. The van der Waals surface area contributed by atoms with Gasteiger partial charge in [0, 0.05) is 36.7 Å². The number of nitrogens with one attached hydrogen (secondary N) is 1. The number of carbonyl (C=O) groups excluding carboxylic acids is 2. The van der Waals surface area contributed by atoms with E-state index < -0.39 is 0 Å². The van der Waals surface area contributed by atoms with Gasteiger partial charge in [0.15, 0.2) is 0 Å². The first-order valence-corrected chi connectivity index (χ1v) is 10.4. The second-order valence-corrected chi connectivity index (χ2v) is 7.78. The predicted octanol–water partition coefficient (Wildman–Crippen LogP) is 5.28. The first kappa shape index (κ1) is 19.9. The van der Waals surface area contributed by atoms with Crippen LogP contribution in [0.2, 0.25) is 0 Å².